The fourth-order valence-electron chi connectivity index (χ4n) is 3.89. The summed E-state index contributed by atoms with van der Waals surface area (Å²) in [7, 11) is -0.280. The number of hydrogen-bond donors (Lipinski definition) is 2. The third-order valence-corrected chi connectivity index (χ3v) is 7.22. The number of benzene rings is 2. The lowest BCUT2D eigenvalue weighted by molar-refractivity contribution is 0.0592. The van der Waals surface area contributed by atoms with Gasteiger partial charge in [-0.05, 0) is 19.1 Å². The maximum Gasteiger partial charge on any atom is 0.340 e. The highest BCUT2D eigenvalue weighted by Gasteiger charge is 2.33. The highest BCUT2D eigenvalue weighted by molar-refractivity contribution is 7.91. The van der Waals surface area contributed by atoms with Gasteiger partial charge in [0.05, 0.1) is 41.3 Å². The van der Waals surface area contributed by atoms with E-state index in [1.807, 2.05) is 6.92 Å². The van der Waals surface area contributed by atoms with Crippen molar-refractivity contribution >= 4 is 43.6 Å². The lowest BCUT2D eigenvalue weighted by Crippen LogP contribution is -2.06. The summed E-state index contributed by atoms with van der Waals surface area (Å²) < 4.78 is 38.3. The van der Waals surface area contributed by atoms with Gasteiger partial charge in [-0.25, -0.2) is 18.0 Å². The van der Waals surface area contributed by atoms with Gasteiger partial charge in [0.1, 0.15) is 4.90 Å². The number of methoxy groups -OCH3 is 2. The monoisotopic (exact) mass is 456 g/mol. The van der Waals surface area contributed by atoms with Crippen molar-refractivity contribution in [2.24, 2.45) is 7.05 Å². The average Bonchev–Trinajstić information content (AvgIpc) is 3.34. The predicted octanol–water partition coefficient (Wildman–Crippen LogP) is 3.08. The molecule has 0 bridgehead atoms. The Morgan fingerprint density at radius 2 is 1.59 bits per heavy atom. The quantitative estimate of drug-likeness (QED) is 0.452. The van der Waals surface area contributed by atoms with Crippen LogP contribution in [0.15, 0.2) is 46.5 Å². The summed E-state index contributed by atoms with van der Waals surface area (Å²) in [5.41, 5.74) is 0.992. The number of esters is 2. The molecular weight excluding hydrogens is 436 g/mol. The highest BCUT2D eigenvalue weighted by Crippen LogP contribution is 2.45. The maximum atomic E-state index is 13.6. The molecule has 0 spiro atoms. The van der Waals surface area contributed by atoms with Crippen LogP contribution in [0.3, 0.4) is 0 Å². The fourth-order valence-corrected chi connectivity index (χ4v) is 5.40. The van der Waals surface area contributed by atoms with E-state index in [0.717, 1.165) is 5.56 Å². The third kappa shape index (κ3) is 2.94. The average molecular weight is 456 g/mol. The van der Waals surface area contributed by atoms with Crippen LogP contribution >= 0.6 is 0 Å². The molecule has 10 heteroatoms. The van der Waals surface area contributed by atoms with Crippen LogP contribution in [0.2, 0.25) is 0 Å². The summed E-state index contributed by atoms with van der Waals surface area (Å²) in [5, 5.41) is 11.5. The second kappa shape index (κ2) is 7.41. The lowest BCUT2D eigenvalue weighted by Gasteiger charge is -2.12. The molecule has 0 amide bonds. The lowest BCUT2D eigenvalue weighted by atomic mass is 10.0. The molecule has 166 valence electrons. The first-order valence-electron chi connectivity index (χ1n) is 9.46. The molecule has 2 aromatic heterocycles. The number of nitrogens with one attached hydrogen (secondary N) is 1. The van der Waals surface area contributed by atoms with Crippen LogP contribution in [0, 0.1) is 6.92 Å². The van der Waals surface area contributed by atoms with Gasteiger partial charge in [0.15, 0.2) is 5.75 Å². The molecule has 0 aliphatic rings. The van der Waals surface area contributed by atoms with E-state index in [2.05, 4.69) is 4.98 Å². The summed E-state index contributed by atoms with van der Waals surface area (Å²) in [6.45, 7) is 1.82. The summed E-state index contributed by atoms with van der Waals surface area (Å²) >= 11 is 0. The van der Waals surface area contributed by atoms with Crippen LogP contribution < -0.4 is 0 Å². The molecule has 0 aliphatic carbocycles. The van der Waals surface area contributed by atoms with Crippen molar-refractivity contribution in [2.45, 2.75) is 16.7 Å². The maximum absolute atomic E-state index is 13.6. The number of nitrogens with zero attached hydrogens (tertiary/aromatic N) is 1. The van der Waals surface area contributed by atoms with E-state index >= 15 is 0 Å². The molecule has 4 aromatic rings. The minimum absolute atomic E-state index is 0.0178. The number of phenolic OH excluding ortho intramolecular Hbond substituents is 1. The largest absolute Gasteiger partial charge is 0.504 e. The van der Waals surface area contributed by atoms with Crippen molar-refractivity contribution in [3.8, 4) is 5.75 Å². The topological polar surface area (TPSA) is 128 Å². The predicted molar refractivity (Wildman–Crippen MR) is 116 cm³/mol. The molecule has 2 aromatic carbocycles. The number of phenols is 1. The number of fused-ring (bicyclic) bond motifs is 3. The Morgan fingerprint density at radius 1 is 1.00 bits per heavy atom. The van der Waals surface area contributed by atoms with E-state index in [9.17, 15) is 23.1 Å². The van der Waals surface area contributed by atoms with Gasteiger partial charge in [-0.15, -0.1) is 0 Å². The van der Waals surface area contributed by atoms with Gasteiger partial charge in [-0.3, -0.25) is 0 Å². The summed E-state index contributed by atoms with van der Waals surface area (Å²) in [4.78, 5) is 27.3. The molecule has 2 N–H and O–H groups in total. The van der Waals surface area contributed by atoms with E-state index < -0.39 is 32.4 Å². The number of aryl methyl sites for hydroxylation is 2. The first-order valence-corrected chi connectivity index (χ1v) is 10.9. The SMILES string of the molecule is COC(=O)c1c[nH]c2c(S(=O)(=O)c3ccc(C)cc3)c(O)c3c(c(C(=O)OC)cn3C)c12. The molecule has 2 heterocycles. The molecular formula is C22H20N2O7S. The Morgan fingerprint density at radius 3 is 2.19 bits per heavy atom. The molecule has 9 nitrogen and oxygen atoms in total. The van der Waals surface area contributed by atoms with Crippen molar-refractivity contribution in [2.75, 3.05) is 14.2 Å². The zero-order valence-corrected chi connectivity index (χ0v) is 18.5. The Bertz CT molecular complexity index is 1510. The number of aromatic hydroxyl groups is 1. The summed E-state index contributed by atoms with van der Waals surface area (Å²) in [6, 6.07) is 6.17. The van der Waals surface area contributed by atoms with Crippen LogP contribution in [0.25, 0.3) is 21.8 Å². The normalized spacial score (nSPS) is 11.8. The Kier molecular flexibility index (Phi) is 4.97. The number of H-pyrrole nitrogens is 1. The highest BCUT2D eigenvalue weighted by atomic mass is 32.2. The number of aromatic amines is 1. The molecule has 0 atom stereocenters. The standard InChI is InChI=1S/C22H20N2O7S/c1-11-5-7-12(8-6-11)32(28,29)20-17-15(13(9-23-17)21(26)30-3)16-14(22(27)31-4)10-24(2)18(16)19(20)25/h5-10,23,25H,1-4H3. The first kappa shape index (κ1) is 21.4. The van der Waals surface area contributed by atoms with Crippen molar-refractivity contribution < 1.29 is 32.6 Å². The summed E-state index contributed by atoms with van der Waals surface area (Å²) in [5.74, 6) is -1.99. The molecule has 32 heavy (non-hydrogen) atoms. The number of ether oxygens (including phenoxy) is 2. The molecule has 4 rings (SSSR count). The minimum atomic E-state index is -4.22. The molecule has 0 saturated heterocycles. The Balaban J connectivity index is 2.23. The van der Waals surface area contributed by atoms with E-state index in [1.54, 1.807) is 19.2 Å². The van der Waals surface area contributed by atoms with Gasteiger partial charge in [-0.2, -0.15) is 0 Å². The van der Waals surface area contributed by atoms with Crippen LogP contribution in [0.1, 0.15) is 26.3 Å². The number of sulfone groups is 1. The third-order valence-electron chi connectivity index (χ3n) is 5.39. The van der Waals surface area contributed by atoms with E-state index in [4.69, 9.17) is 9.47 Å². The number of aromatic nitrogens is 2. The van der Waals surface area contributed by atoms with E-state index in [1.165, 1.54) is 43.3 Å². The second-order valence-corrected chi connectivity index (χ2v) is 9.19. The Hall–Kier alpha value is -3.79. The number of carbonyl (C=O) groups is 2. The zero-order chi connectivity index (χ0) is 23.4. The molecule has 0 fully saturated rings. The minimum Gasteiger partial charge on any atom is -0.504 e. The Labute approximate surface area is 183 Å². The van der Waals surface area contributed by atoms with E-state index in [0.29, 0.717) is 0 Å². The number of hydrogen-bond acceptors (Lipinski definition) is 7. The summed E-state index contributed by atoms with van der Waals surface area (Å²) in [6.07, 6.45) is 2.70. The van der Waals surface area contributed by atoms with Crippen molar-refractivity contribution in [1.82, 2.24) is 9.55 Å². The van der Waals surface area contributed by atoms with Gasteiger partial charge < -0.3 is 24.1 Å². The van der Waals surface area contributed by atoms with Crippen LogP contribution in [-0.2, 0) is 26.4 Å². The van der Waals surface area contributed by atoms with Gasteiger partial charge >= 0.3 is 11.9 Å². The molecule has 0 radical (unpaired) electrons. The van der Waals surface area contributed by atoms with Gasteiger partial charge in [0, 0.05) is 30.2 Å². The number of carbonyl (C=O) groups excluding carboxylic acids is 2. The van der Waals surface area contributed by atoms with Crippen molar-refractivity contribution in [3.05, 3.63) is 53.3 Å². The van der Waals surface area contributed by atoms with Crippen LogP contribution in [0.5, 0.6) is 5.75 Å². The first-order chi connectivity index (χ1) is 15.1. The van der Waals surface area contributed by atoms with Crippen LogP contribution in [0.4, 0.5) is 0 Å². The molecule has 0 saturated carbocycles. The van der Waals surface area contributed by atoms with Crippen molar-refractivity contribution in [3.63, 3.8) is 0 Å². The second-order valence-electron chi connectivity index (χ2n) is 7.31. The smallest absolute Gasteiger partial charge is 0.340 e. The van der Waals surface area contributed by atoms with Gasteiger partial charge in [0.25, 0.3) is 0 Å². The number of rotatable bonds is 4. The molecule has 0 unspecified atom stereocenters. The van der Waals surface area contributed by atoms with E-state index in [-0.39, 0.29) is 37.8 Å². The van der Waals surface area contributed by atoms with Gasteiger partial charge in [-0.1, -0.05) is 17.7 Å². The zero-order valence-electron chi connectivity index (χ0n) is 17.7. The molecule has 0 aliphatic heterocycles. The fraction of sp³-hybridized carbons (Fsp3) is 0.182. The van der Waals surface area contributed by atoms with Crippen LogP contribution in [-0.4, -0.2) is 49.2 Å². The van der Waals surface area contributed by atoms with Crippen molar-refractivity contribution in [1.29, 1.82) is 0 Å². The van der Waals surface area contributed by atoms with Gasteiger partial charge in [0.2, 0.25) is 9.84 Å².